The summed E-state index contributed by atoms with van der Waals surface area (Å²) in [4.78, 5) is 16.2. The Kier molecular flexibility index (Phi) is 3.47. The van der Waals surface area contributed by atoms with Gasteiger partial charge in [0.05, 0.1) is 5.56 Å². The Morgan fingerprint density at radius 3 is 2.72 bits per heavy atom. The van der Waals surface area contributed by atoms with Crippen molar-refractivity contribution in [2.75, 3.05) is 0 Å². The molecule has 2 aromatic rings. The van der Waals surface area contributed by atoms with E-state index in [-0.39, 0.29) is 12.0 Å². The molecule has 0 fully saturated rings. The molecule has 18 heavy (non-hydrogen) atoms. The largest absolute Gasteiger partial charge is 0.417 e. The van der Waals surface area contributed by atoms with Gasteiger partial charge in [0.15, 0.2) is 5.78 Å². The molecular weight excluding hydrogens is 263 g/mol. The zero-order valence-corrected chi connectivity index (χ0v) is 9.89. The number of Topliss-reactive ketones (excluding diaryl/α,β-unsaturated/α-hetero) is 1. The Morgan fingerprint density at radius 2 is 2.11 bits per heavy atom. The first-order chi connectivity index (χ1) is 8.48. The number of carbonyl (C=O) groups is 1. The number of hydrogen-bond acceptors (Lipinski definition) is 3. The van der Waals surface area contributed by atoms with E-state index in [0.717, 1.165) is 23.3 Å². The highest BCUT2D eigenvalue weighted by Crippen LogP contribution is 2.32. The third-order valence-electron chi connectivity index (χ3n) is 2.34. The quantitative estimate of drug-likeness (QED) is 0.798. The molecule has 0 aromatic carbocycles. The van der Waals surface area contributed by atoms with E-state index < -0.39 is 17.5 Å². The molecule has 0 spiro atoms. The van der Waals surface area contributed by atoms with Crippen molar-refractivity contribution in [1.29, 1.82) is 0 Å². The second-order valence-corrected chi connectivity index (χ2v) is 4.63. The van der Waals surface area contributed by atoms with Crippen molar-refractivity contribution >= 4 is 17.1 Å². The number of halogens is 3. The first kappa shape index (κ1) is 12.8. The van der Waals surface area contributed by atoms with Crippen LogP contribution in [-0.2, 0) is 12.6 Å². The van der Waals surface area contributed by atoms with Crippen molar-refractivity contribution in [2.45, 2.75) is 12.6 Å². The van der Waals surface area contributed by atoms with Gasteiger partial charge < -0.3 is 0 Å². The zero-order valence-electron chi connectivity index (χ0n) is 9.07. The molecule has 0 atom stereocenters. The standard InChI is InChI=1S/C12H8F3NOS/c13-12(14,15)10-3-4-16-7-9(10)11(17)6-8-2-1-5-18-8/h1-5,7H,6H2. The summed E-state index contributed by atoms with van der Waals surface area (Å²) in [5, 5.41) is 1.77. The molecule has 0 aliphatic carbocycles. The molecule has 2 aromatic heterocycles. The summed E-state index contributed by atoms with van der Waals surface area (Å²) in [7, 11) is 0. The number of alkyl halides is 3. The summed E-state index contributed by atoms with van der Waals surface area (Å²) in [5.74, 6) is -0.571. The van der Waals surface area contributed by atoms with Crippen LogP contribution < -0.4 is 0 Å². The molecule has 0 radical (unpaired) electrons. The highest BCUT2D eigenvalue weighted by Gasteiger charge is 2.35. The fourth-order valence-electron chi connectivity index (χ4n) is 1.53. The molecule has 0 saturated carbocycles. The van der Waals surface area contributed by atoms with Gasteiger partial charge in [-0.3, -0.25) is 9.78 Å². The Bertz CT molecular complexity index is 549. The zero-order chi connectivity index (χ0) is 13.2. The lowest BCUT2D eigenvalue weighted by molar-refractivity contribution is -0.138. The van der Waals surface area contributed by atoms with Crippen LogP contribution in [0.1, 0.15) is 20.8 Å². The van der Waals surface area contributed by atoms with Gasteiger partial charge in [-0.1, -0.05) is 6.07 Å². The number of nitrogens with zero attached hydrogens (tertiary/aromatic N) is 1. The van der Waals surface area contributed by atoms with Crippen LogP contribution in [0, 0.1) is 0 Å². The minimum atomic E-state index is -4.54. The summed E-state index contributed by atoms with van der Waals surface area (Å²) in [5.41, 5.74) is -1.31. The molecule has 0 N–H and O–H groups in total. The Hall–Kier alpha value is -1.69. The van der Waals surface area contributed by atoms with E-state index >= 15 is 0 Å². The fourth-order valence-corrected chi connectivity index (χ4v) is 2.23. The molecule has 0 aliphatic heterocycles. The predicted molar refractivity (Wildman–Crippen MR) is 61.6 cm³/mol. The summed E-state index contributed by atoms with van der Waals surface area (Å²) in [6.07, 6.45) is -2.57. The van der Waals surface area contributed by atoms with E-state index in [1.165, 1.54) is 11.3 Å². The maximum Gasteiger partial charge on any atom is 0.417 e. The van der Waals surface area contributed by atoms with Crippen LogP contribution in [0.5, 0.6) is 0 Å². The molecule has 0 bridgehead atoms. The van der Waals surface area contributed by atoms with E-state index in [0.29, 0.717) is 0 Å². The highest BCUT2D eigenvalue weighted by atomic mass is 32.1. The molecule has 2 rings (SSSR count). The van der Waals surface area contributed by atoms with Crippen molar-refractivity contribution in [3.8, 4) is 0 Å². The smallest absolute Gasteiger partial charge is 0.294 e. The number of pyridine rings is 1. The minimum absolute atomic E-state index is 0.0353. The SMILES string of the molecule is O=C(Cc1cccs1)c1cnccc1C(F)(F)F. The lowest BCUT2D eigenvalue weighted by atomic mass is 10.0. The number of thiophene rings is 1. The lowest BCUT2D eigenvalue weighted by Crippen LogP contribution is -2.14. The van der Waals surface area contributed by atoms with Crippen molar-refractivity contribution in [3.63, 3.8) is 0 Å². The number of rotatable bonds is 3. The summed E-state index contributed by atoms with van der Waals surface area (Å²) in [6.45, 7) is 0. The maximum atomic E-state index is 12.7. The van der Waals surface area contributed by atoms with E-state index in [2.05, 4.69) is 4.98 Å². The van der Waals surface area contributed by atoms with E-state index in [4.69, 9.17) is 0 Å². The second-order valence-electron chi connectivity index (χ2n) is 3.60. The van der Waals surface area contributed by atoms with E-state index in [9.17, 15) is 18.0 Å². The molecular formula is C12H8F3NOS. The van der Waals surface area contributed by atoms with Crippen molar-refractivity contribution < 1.29 is 18.0 Å². The highest BCUT2D eigenvalue weighted by molar-refractivity contribution is 7.10. The van der Waals surface area contributed by atoms with Gasteiger partial charge in [-0.2, -0.15) is 13.2 Å². The molecule has 0 unspecified atom stereocenters. The topological polar surface area (TPSA) is 30.0 Å². The monoisotopic (exact) mass is 271 g/mol. The van der Waals surface area contributed by atoms with Crippen molar-refractivity contribution in [2.24, 2.45) is 0 Å². The first-order valence-corrected chi connectivity index (χ1v) is 5.93. The molecule has 0 aliphatic rings. The second kappa shape index (κ2) is 4.89. The Morgan fingerprint density at radius 1 is 1.33 bits per heavy atom. The molecule has 2 nitrogen and oxygen atoms in total. The van der Waals surface area contributed by atoms with Crippen molar-refractivity contribution in [3.05, 3.63) is 52.0 Å². The van der Waals surface area contributed by atoms with Gasteiger partial charge in [-0.05, 0) is 17.5 Å². The molecule has 0 saturated heterocycles. The van der Waals surface area contributed by atoms with Crippen LogP contribution in [0.3, 0.4) is 0 Å². The number of aromatic nitrogens is 1. The van der Waals surface area contributed by atoms with Gasteiger partial charge in [-0.25, -0.2) is 0 Å². The molecule has 6 heteroatoms. The summed E-state index contributed by atoms with van der Waals surface area (Å²) >= 11 is 1.34. The number of hydrogen-bond donors (Lipinski definition) is 0. The van der Waals surface area contributed by atoms with Gasteiger partial charge in [0.1, 0.15) is 0 Å². The molecule has 94 valence electrons. The summed E-state index contributed by atoms with van der Waals surface area (Å²) in [6, 6.07) is 4.29. The van der Waals surface area contributed by atoms with Crippen molar-refractivity contribution in [1.82, 2.24) is 4.98 Å². The third kappa shape index (κ3) is 2.76. The lowest BCUT2D eigenvalue weighted by Gasteiger charge is -2.10. The average molecular weight is 271 g/mol. The van der Waals surface area contributed by atoms with Crippen LogP contribution in [-0.4, -0.2) is 10.8 Å². The van der Waals surface area contributed by atoms with Crippen LogP contribution >= 0.6 is 11.3 Å². The summed E-state index contributed by atoms with van der Waals surface area (Å²) < 4.78 is 38.1. The molecule has 0 amide bonds. The fraction of sp³-hybridized carbons (Fsp3) is 0.167. The van der Waals surface area contributed by atoms with Crippen LogP contribution in [0.25, 0.3) is 0 Å². The van der Waals surface area contributed by atoms with Gasteiger partial charge in [-0.15, -0.1) is 11.3 Å². The first-order valence-electron chi connectivity index (χ1n) is 5.05. The van der Waals surface area contributed by atoms with Crippen LogP contribution in [0.4, 0.5) is 13.2 Å². The number of ketones is 1. The van der Waals surface area contributed by atoms with Gasteiger partial charge in [0.25, 0.3) is 0 Å². The Labute approximate surface area is 105 Å². The van der Waals surface area contributed by atoms with Crippen LogP contribution in [0.2, 0.25) is 0 Å². The van der Waals surface area contributed by atoms with E-state index in [1.807, 2.05) is 0 Å². The average Bonchev–Trinajstić information content (AvgIpc) is 2.80. The maximum absolute atomic E-state index is 12.7. The number of carbonyl (C=O) groups excluding carboxylic acids is 1. The third-order valence-corrected chi connectivity index (χ3v) is 3.22. The van der Waals surface area contributed by atoms with Gasteiger partial charge in [0.2, 0.25) is 0 Å². The Balaban J connectivity index is 2.31. The van der Waals surface area contributed by atoms with E-state index in [1.54, 1.807) is 17.5 Å². The molecule has 2 heterocycles. The van der Waals surface area contributed by atoms with Gasteiger partial charge in [0, 0.05) is 29.3 Å². The predicted octanol–water partition coefficient (Wildman–Crippen LogP) is 3.59. The minimum Gasteiger partial charge on any atom is -0.294 e. The normalized spacial score (nSPS) is 11.5. The van der Waals surface area contributed by atoms with Crippen LogP contribution in [0.15, 0.2) is 36.0 Å². The van der Waals surface area contributed by atoms with Gasteiger partial charge >= 0.3 is 6.18 Å².